The second-order valence-electron chi connectivity index (χ2n) is 5.47. The Labute approximate surface area is 129 Å². The lowest BCUT2D eigenvalue weighted by atomic mass is 10.1. The maximum absolute atomic E-state index is 3.53. The number of aromatic nitrogens is 2. The summed E-state index contributed by atoms with van der Waals surface area (Å²) in [4.78, 5) is 3.53. The molecule has 3 aromatic carbocycles. The second-order valence-corrected chi connectivity index (χ2v) is 5.99. The van der Waals surface area contributed by atoms with Crippen molar-refractivity contribution in [2.45, 2.75) is 0 Å². The van der Waals surface area contributed by atoms with Gasteiger partial charge in [0.15, 0.2) is 0 Å². The Morgan fingerprint density at radius 3 is 2.33 bits per heavy atom. The van der Waals surface area contributed by atoms with Crippen LogP contribution >= 0.6 is 0 Å². The number of rotatable bonds is 0. The van der Waals surface area contributed by atoms with Gasteiger partial charge in [-0.3, -0.25) is 0 Å². The van der Waals surface area contributed by atoms with Crippen LogP contribution in [-0.2, 0) is 0 Å². The zero-order valence-electron chi connectivity index (χ0n) is 11.3. The predicted octanol–water partition coefficient (Wildman–Crippen LogP) is 4.36. The first-order valence-corrected chi connectivity index (χ1v) is 7.53. The summed E-state index contributed by atoms with van der Waals surface area (Å²) in [5.41, 5.74) is 4.89. The third-order valence-electron chi connectivity index (χ3n) is 4.34. The van der Waals surface area contributed by atoms with Gasteiger partial charge in [-0.05, 0) is 24.3 Å². The fourth-order valence-corrected chi connectivity index (χ4v) is 3.78. The number of hydrogen-bond acceptors (Lipinski definition) is 0. The average Bonchev–Trinajstić information content (AvgIpc) is 3.02. The fourth-order valence-electron chi connectivity index (χ4n) is 3.34. The van der Waals surface area contributed by atoms with E-state index in [2.05, 4.69) is 85.7 Å². The molecule has 96 valence electrons. The Kier molecular flexibility index (Phi) is 2.14. The molecule has 0 aliphatic carbocycles. The van der Waals surface area contributed by atoms with Gasteiger partial charge in [0, 0.05) is 43.6 Å². The molecule has 2 aromatic heterocycles. The van der Waals surface area contributed by atoms with E-state index < -0.39 is 0 Å². The highest BCUT2D eigenvalue weighted by atomic mass is 27.1. The zero-order chi connectivity index (χ0) is 14.0. The van der Waals surface area contributed by atoms with Crippen LogP contribution in [0, 0.1) is 0 Å². The topological polar surface area (TPSA) is 20.7 Å². The van der Waals surface area contributed by atoms with E-state index in [0.29, 0.717) is 0 Å². The lowest BCUT2D eigenvalue weighted by molar-refractivity contribution is 1.40. The van der Waals surface area contributed by atoms with E-state index in [9.17, 15) is 0 Å². The molecule has 5 rings (SSSR count). The molecule has 5 aromatic rings. The molecule has 2 radical (unpaired) electrons. The first kappa shape index (κ1) is 11.5. The van der Waals surface area contributed by atoms with Gasteiger partial charge in [-0.15, -0.1) is 0 Å². The van der Waals surface area contributed by atoms with Gasteiger partial charge in [0.1, 0.15) is 0 Å². The zero-order valence-corrected chi connectivity index (χ0v) is 12.5. The Hall–Kier alpha value is -2.21. The molecular formula is C18H11AlN2. The molecule has 0 aliphatic rings. The van der Waals surface area contributed by atoms with Crippen LogP contribution in [0.25, 0.3) is 43.6 Å². The van der Waals surface area contributed by atoms with Crippen molar-refractivity contribution in [2.75, 3.05) is 0 Å². The lowest BCUT2D eigenvalue weighted by Crippen LogP contribution is -1.89. The van der Waals surface area contributed by atoms with E-state index >= 15 is 0 Å². The van der Waals surface area contributed by atoms with Crippen molar-refractivity contribution in [3.8, 4) is 0 Å². The molecule has 21 heavy (non-hydrogen) atoms. The molecule has 1 N–H and O–H groups in total. The van der Waals surface area contributed by atoms with Crippen LogP contribution in [-0.4, -0.2) is 25.0 Å². The Bertz CT molecular complexity index is 1150. The minimum Gasteiger partial charge on any atom is -0.452 e. The van der Waals surface area contributed by atoms with E-state index in [-0.39, 0.29) is 0 Å². The Morgan fingerprint density at radius 2 is 1.43 bits per heavy atom. The van der Waals surface area contributed by atoms with Crippen LogP contribution in [0.4, 0.5) is 0 Å². The standard InChI is InChI=1S/C18H11N2.Al/c1-3-7-15-11(5-1)13-9-18-14(10-17(13)19-15)12-6-2-4-8-16(12)20-18;/h1-10,19H;/q-1;+1. The maximum atomic E-state index is 3.53. The van der Waals surface area contributed by atoms with Gasteiger partial charge < -0.3 is 8.53 Å². The number of fused-ring (bicyclic) bond motifs is 6. The lowest BCUT2D eigenvalue weighted by Gasteiger charge is -2.00. The molecule has 0 spiro atoms. The number of nitrogens with zero attached hydrogens (tertiary/aromatic N) is 1. The van der Waals surface area contributed by atoms with Crippen LogP contribution in [0.1, 0.15) is 0 Å². The van der Waals surface area contributed by atoms with Gasteiger partial charge in [-0.1, -0.05) is 36.4 Å². The summed E-state index contributed by atoms with van der Waals surface area (Å²) < 4.78 is 2.20. The molecule has 0 amide bonds. The van der Waals surface area contributed by atoms with E-state index in [1.807, 2.05) is 0 Å². The van der Waals surface area contributed by atoms with Crippen molar-refractivity contribution in [1.29, 1.82) is 0 Å². The summed E-state index contributed by atoms with van der Waals surface area (Å²) in [6.07, 6.45) is 0. The van der Waals surface area contributed by atoms with Gasteiger partial charge in [-0.2, -0.15) is 0 Å². The minimum atomic E-state index is 1.19. The van der Waals surface area contributed by atoms with E-state index in [1.54, 1.807) is 0 Å². The first-order chi connectivity index (χ1) is 10.3. The van der Waals surface area contributed by atoms with Crippen molar-refractivity contribution in [3.05, 3.63) is 60.7 Å². The minimum absolute atomic E-state index is 1.19. The highest BCUT2D eigenvalue weighted by molar-refractivity contribution is 6.24. The molecule has 0 atom stereocenters. The van der Waals surface area contributed by atoms with Gasteiger partial charge in [0.25, 0.3) is 0 Å². The van der Waals surface area contributed by atoms with Crippen LogP contribution < -0.4 is 0 Å². The number of H-pyrrole nitrogens is 1. The van der Waals surface area contributed by atoms with Crippen molar-refractivity contribution >= 4 is 60.1 Å². The molecule has 0 bridgehead atoms. The van der Waals surface area contributed by atoms with Crippen molar-refractivity contribution < 1.29 is 0 Å². The Morgan fingerprint density at radius 1 is 0.667 bits per heavy atom. The third kappa shape index (κ3) is 1.43. The number of para-hydroxylation sites is 2. The summed E-state index contributed by atoms with van der Waals surface area (Å²) in [6, 6.07) is 21.6. The quantitative estimate of drug-likeness (QED) is 0.407. The van der Waals surface area contributed by atoms with E-state index in [4.69, 9.17) is 0 Å². The number of hydrogen-bond donors (Lipinski definition) is 1. The fraction of sp³-hybridized carbons (Fsp3) is 0. The SMILES string of the molecule is [Al][n]1c2ccccc2c2cc3[nH]c4ccccc4c3cc21. The van der Waals surface area contributed by atoms with Crippen molar-refractivity contribution in [1.82, 2.24) is 8.53 Å². The van der Waals surface area contributed by atoms with Crippen LogP contribution in [0.2, 0.25) is 0 Å². The molecule has 0 fully saturated rings. The Balaban J connectivity index is 2.08. The normalized spacial score (nSPS) is 12.0. The molecular weight excluding hydrogens is 271 g/mol. The third-order valence-corrected chi connectivity index (χ3v) is 4.89. The predicted molar refractivity (Wildman–Crippen MR) is 90.0 cm³/mol. The summed E-state index contributed by atoms with van der Waals surface area (Å²) in [5, 5.41) is 5.15. The van der Waals surface area contributed by atoms with Crippen LogP contribution in [0.3, 0.4) is 0 Å². The second kappa shape index (κ2) is 3.92. The average molecular weight is 282 g/mol. The maximum Gasteiger partial charge on any atom is 0.318 e. The number of benzene rings is 3. The monoisotopic (exact) mass is 282 g/mol. The highest BCUT2D eigenvalue weighted by Crippen LogP contribution is 2.34. The molecule has 0 aliphatic heterocycles. The van der Waals surface area contributed by atoms with Gasteiger partial charge >= 0.3 is 16.5 Å². The molecule has 0 saturated heterocycles. The highest BCUT2D eigenvalue weighted by Gasteiger charge is 2.10. The largest absolute Gasteiger partial charge is 0.452 e. The smallest absolute Gasteiger partial charge is 0.318 e. The molecule has 3 heteroatoms. The summed E-state index contributed by atoms with van der Waals surface area (Å²) in [6.45, 7) is 0. The van der Waals surface area contributed by atoms with Crippen molar-refractivity contribution in [3.63, 3.8) is 0 Å². The molecule has 0 saturated carbocycles. The summed E-state index contributed by atoms with van der Waals surface area (Å²) in [5.74, 6) is 0. The van der Waals surface area contributed by atoms with Crippen LogP contribution in [0.5, 0.6) is 0 Å². The number of nitrogens with one attached hydrogen (secondary N) is 1. The van der Waals surface area contributed by atoms with Crippen LogP contribution in [0.15, 0.2) is 60.7 Å². The first-order valence-electron chi connectivity index (χ1n) is 7.01. The molecule has 0 unspecified atom stereocenters. The van der Waals surface area contributed by atoms with Gasteiger partial charge in [-0.25, -0.2) is 0 Å². The van der Waals surface area contributed by atoms with Crippen molar-refractivity contribution in [2.24, 2.45) is 0 Å². The number of aromatic amines is 1. The van der Waals surface area contributed by atoms with E-state index in [1.165, 1.54) is 43.6 Å². The summed E-state index contributed by atoms with van der Waals surface area (Å²) in [7, 11) is 0. The molecule has 2 nitrogen and oxygen atoms in total. The van der Waals surface area contributed by atoms with E-state index in [0.717, 1.165) is 0 Å². The molecule has 2 heterocycles. The summed E-state index contributed by atoms with van der Waals surface area (Å²) >= 11 is 2.83. The van der Waals surface area contributed by atoms with Gasteiger partial charge in [0.2, 0.25) is 0 Å². The van der Waals surface area contributed by atoms with Gasteiger partial charge in [0.05, 0.1) is 0 Å².